The fourth-order valence-electron chi connectivity index (χ4n) is 5.11. The Kier molecular flexibility index (Phi) is 10.5. The predicted octanol–water partition coefficient (Wildman–Crippen LogP) is 5.80. The Bertz CT molecular complexity index is 2120. The molecule has 1 aliphatic heterocycles. The lowest BCUT2D eigenvalue weighted by Gasteiger charge is -2.26. The van der Waals surface area contributed by atoms with Gasteiger partial charge in [-0.2, -0.15) is 5.26 Å². The third kappa shape index (κ3) is 6.86. The number of methoxy groups -OCH3 is 3. The average Bonchev–Trinajstić information content (AvgIpc) is 3.37. The molecule has 47 heavy (non-hydrogen) atoms. The molecule has 4 aromatic rings. The number of allylic oxidation sites excluding steroid dienone is 1. The van der Waals surface area contributed by atoms with Gasteiger partial charge in [0.15, 0.2) is 27.8 Å². The van der Waals surface area contributed by atoms with Gasteiger partial charge in [-0.15, -0.1) is 0 Å². The minimum absolute atomic E-state index is 0.156. The molecule has 0 N–H and O–H groups in total. The molecule has 0 bridgehead atoms. The highest BCUT2D eigenvalue weighted by molar-refractivity contribution is 9.10. The molecule has 0 saturated carbocycles. The van der Waals surface area contributed by atoms with Gasteiger partial charge in [-0.05, 0) is 88.9 Å². The van der Waals surface area contributed by atoms with Gasteiger partial charge in [-0.3, -0.25) is 9.36 Å². The number of nitrogens with zero attached hydrogens (tertiary/aromatic N) is 3. The van der Waals surface area contributed by atoms with E-state index in [-0.39, 0.29) is 24.3 Å². The van der Waals surface area contributed by atoms with Crippen LogP contribution in [0.15, 0.2) is 78.5 Å². The summed E-state index contributed by atoms with van der Waals surface area (Å²) >= 11 is 8.42. The fourth-order valence-corrected chi connectivity index (χ4v) is 7.27. The first-order valence-electron chi connectivity index (χ1n) is 14.2. The van der Waals surface area contributed by atoms with Crippen LogP contribution < -0.4 is 33.8 Å². The van der Waals surface area contributed by atoms with Crippen LogP contribution in [-0.2, 0) is 16.1 Å². The minimum Gasteiger partial charge on any atom is -0.493 e. The molecule has 0 amide bonds. The van der Waals surface area contributed by atoms with Gasteiger partial charge in [-0.1, -0.05) is 39.4 Å². The number of thiazole rings is 1. The zero-order valence-electron chi connectivity index (χ0n) is 26.1. The first-order valence-corrected chi connectivity index (χ1v) is 16.6. The van der Waals surface area contributed by atoms with E-state index in [0.29, 0.717) is 63.7 Å². The van der Waals surface area contributed by atoms with Crippen LogP contribution in [0.25, 0.3) is 6.08 Å². The van der Waals surface area contributed by atoms with Gasteiger partial charge in [0.1, 0.15) is 6.61 Å². The van der Waals surface area contributed by atoms with Crippen LogP contribution in [0.4, 0.5) is 0 Å². The number of hydrogen-bond donors (Lipinski definition) is 0. The molecule has 10 nitrogen and oxygen atoms in total. The molecular weight excluding hydrogens is 754 g/mol. The smallest absolute Gasteiger partial charge is 0.338 e. The second-order valence-electron chi connectivity index (χ2n) is 10.2. The predicted molar refractivity (Wildman–Crippen MR) is 184 cm³/mol. The van der Waals surface area contributed by atoms with Crippen molar-refractivity contribution < 1.29 is 28.5 Å². The highest BCUT2D eigenvalue weighted by Gasteiger charge is 2.35. The van der Waals surface area contributed by atoms with E-state index in [1.54, 1.807) is 50.3 Å². The normalized spacial score (nSPS) is 14.2. The number of esters is 1. The largest absolute Gasteiger partial charge is 0.493 e. The minimum atomic E-state index is -0.860. The lowest BCUT2D eigenvalue weighted by Crippen LogP contribution is -2.40. The first-order chi connectivity index (χ1) is 22.6. The summed E-state index contributed by atoms with van der Waals surface area (Å²) in [6.07, 6.45) is 1.74. The van der Waals surface area contributed by atoms with Crippen LogP contribution >= 0.6 is 43.2 Å². The zero-order valence-corrected chi connectivity index (χ0v) is 30.0. The summed E-state index contributed by atoms with van der Waals surface area (Å²) < 4.78 is 31.3. The van der Waals surface area contributed by atoms with Crippen molar-refractivity contribution in [1.82, 2.24) is 4.57 Å². The summed E-state index contributed by atoms with van der Waals surface area (Å²) in [6.45, 7) is 3.86. The number of benzene rings is 3. The van der Waals surface area contributed by atoms with Gasteiger partial charge in [0.05, 0.1) is 65.9 Å². The Morgan fingerprint density at radius 3 is 2.34 bits per heavy atom. The van der Waals surface area contributed by atoms with Crippen LogP contribution in [0.5, 0.6) is 23.0 Å². The van der Waals surface area contributed by atoms with E-state index in [9.17, 15) is 9.59 Å². The van der Waals surface area contributed by atoms with Crippen molar-refractivity contribution in [3.8, 4) is 29.1 Å². The molecule has 1 aromatic heterocycles. The monoisotopic (exact) mass is 781 g/mol. The Morgan fingerprint density at radius 2 is 1.70 bits per heavy atom. The van der Waals surface area contributed by atoms with E-state index in [2.05, 4.69) is 42.9 Å². The maximum atomic E-state index is 14.2. The Labute approximate surface area is 291 Å². The molecule has 0 saturated heterocycles. The summed E-state index contributed by atoms with van der Waals surface area (Å²) in [6, 6.07) is 15.4. The Balaban J connectivity index is 1.60. The van der Waals surface area contributed by atoms with Gasteiger partial charge in [0.2, 0.25) is 0 Å². The summed E-state index contributed by atoms with van der Waals surface area (Å²) in [5.74, 6) is 1.30. The molecule has 1 aliphatic rings. The number of nitriles is 1. The molecule has 1 atom stereocenters. The Hall–Kier alpha value is -4.38. The number of carbonyl (C=O) groups is 1. The number of aromatic nitrogens is 1. The maximum absolute atomic E-state index is 14.2. The number of ether oxygens (including phenoxy) is 5. The standard InChI is InChI=1S/C34H29Br2N3O7S/c1-6-45-33(41)29-18(2)38-34-39(30(29)22-14-25(42-3)26(43-4)15-23(22)35)32(40)28(47-34)13-21-11-24(36)31(27(12-21)44-5)46-17-20-9-7-19(16-37)8-10-20/h7-15,30H,6,17H2,1-5H3/b28-13-/t30-/m0/s1. The third-order valence-corrected chi connectivity index (χ3v) is 9.59. The number of halogens is 2. The highest BCUT2D eigenvalue weighted by atomic mass is 79.9. The lowest BCUT2D eigenvalue weighted by atomic mass is 9.95. The third-order valence-electron chi connectivity index (χ3n) is 7.33. The molecule has 242 valence electrons. The number of hydrogen-bond acceptors (Lipinski definition) is 10. The van der Waals surface area contributed by atoms with Crippen molar-refractivity contribution in [2.45, 2.75) is 26.5 Å². The van der Waals surface area contributed by atoms with E-state index in [0.717, 1.165) is 5.56 Å². The van der Waals surface area contributed by atoms with Crippen LogP contribution in [0.2, 0.25) is 0 Å². The van der Waals surface area contributed by atoms with Crippen molar-refractivity contribution in [3.63, 3.8) is 0 Å². The second-order valence-corrected chi connectivity index (χ2v) is 12.9. The van der Waals surface area contributed by atoms with Crippen molar-refractivity contribution in [3.05, 3.63) is 111 Å². The summed E-state index contributed by atoms with van der Waals surface area (Å²) in [7, 11) is 4.58. The van der Waals surface area contributed by atoms with Crippen LogP contribution in [0, 0.1) is 11.3 Å². The quantitative estimate of drug-likeness (QED) is 0.185. The summed E-state index contributed by atoms with van der Waals surface area (Å²) in [5.41, 5.74) is 3.07. The van der Waals surface area contributed by atoms with Crippen LogP contribution in [-0.4, -0.2) is 38.5 Å². The van der Waals surface area contributed by atoms with E-state index >= 15 is 0 Å². The van der Waals surface area contributed by atoms with Crippen molar-refractivity contribution in [2.75, 3.05) is 27.9 Å². The van der Waals surface area contributed by atoms with Crippen molar-refractivity contribution in [2.24, 2.45) is 4.99 Å². The van der Waals surface area contributed by atoms with Gasteiger partial charge in [-0.25, -0.2) is 9.79 Å². The molecule has 5 rings (SSSR count). The molecular formula is C34H29Br2N3O7S. The number of carbonyl (C=O) groups excluding carboxylic acids is 1. The topological polar surface area (TPSA) is 121 Å². The molecule has 0 fully saturated rings. The highest BCUT2D eigenvalue weighted by Crippen LogP contribution is 2.41. The summed E-state index contributed by atoms with van der Waals surface area (Å²) in [4.78, 5) is 32.6. The molecule has 0 unspecified atom stereocenters. The molecule has 13 heteroatoms. The van der Waals surface area contributed by atoms with Crippen LogP contribution in [0.1, 0.15) is 42.1 Å². The molecule has 0 aliphatic carbocycles. The average molecular weight is 783 g/mol. The Morgan fingerprint density at radius 1 is 1.02 bits per heavy atom. The maximum Gasteiger partial charge on any atom is 0.338 e. The second kappa shape index (κ2) is 14.6. The van der Waals surface area contributed by atoms with E-state index in [1.165, 1.54) is 37.2 Å². The summed E-state index contributed by atoms with van der Waals surface area (Å²) in [5, 5.41) is 9.05. The van der Waals surface area contributed by atoms with Gasteiger partial charge in [0.25, 0.3) is 5.56 Å². The molecule has 0 spiro atoms. The van der Waals surface area contributed by atoms with E-state index in [1.807, 2.05) is 18.2 Å². The van der Waals surface area contributed by atoms with Gasteiger partial charge < -0.3 is 23.7 Å². The van der Waals surface area contributed by atoms with Crippen molar-refractivity contribution >= 4 is 55.2 Å². The lowest BCUT2D eigenvalue weighted by molar-refractivity contribution is -0.139. The fraction of sp³-hybridized carbons (Fsp3) is 0.235. The van der Waals surface area contributed by atoms with E-state index in [4.69, 9.17) is 28.9 Å². The van der Waals surface area contributed by atoms with Crippen LogP contribution in [0.3, 0.4) is 0 Å². The zero-order chi connectivity index (χ0) is 33.8. The number of rotatable bonds is 10. The SMILES string of the molecule is CCOC(=O)C1=C(C)N=c2s/c(=C\c3cc(Br)c(OCc4ccc(C#N)cc4)c(OC)c3)c(=O)n2[C@H]1c1cc(OC)c(OC)cc1Br. The van der Waals surface area contributed by atoms with Gasteiger partial charge in [0, 0.05) is 4.47 Å². The molecule has 0 radical (unpaired) electrons. The molecule has 2 heterocycles. The van der Waals surface area contributed by atoms with Crippen molar-refractivity contribution in [1.29, 1.82) is 5.26 Å². The van der Waals surface area contributed by atoms with E-state index < -0.39 is 12.0 Å². The van der Waals surface area contributed by atoms with Gasteiger partial charge >= 0.3 is 5.97 Å². The first kappa shape index (κ1) is 34.0. The molecule has 3 aromatic carbocycles. The number of fused-ring (bicyclic) bond motifs is 1.